The third-order valence-corrected chi connectivity index (χ3v) is 3.35. The Morgan fingerprint density at radius 1 is 1.47 bits per heavy atom. The van der Waals surface area contributed by atoms with Crippen LogP contribution in [0, 0.1) is 0 Å². The van der Waals surface area contributed by atoms with Gasteiger partial charge in [0.25, 0.3) is 0 Å². The highest BCUT2D eigenvalue weighted by molar-refractivity contribution is 7.16. The Labute approximate surface area is 96.3 Å². The molecule has 5 heteroatoms. The number of aromatic nitrogens is 1. The van der Waals surface area contributed by atoms with Crippen molar-refractivity contribution in [1.29, 1.82) is 0 Å². The Kier molecular flexibility index (Phi) is 2.88. The minimum atomic E-state index is 0.745. The van der Waals surface area contributed by atoms with Gasteiger partial charge in [-0.15, -0.1) is 5.10 Å². The number of hydrogen-bond donors (Lipinski definition) is 0. The van der Waals surface area contributed by atoms with Crippen LogP contribution in [-0.2, 0) is 7.05 Å². The van der Waals surface area contributed by atoms with Crippen LogP contribution in [0.4, 0.5) is 0 Å². The maximum Gasteiger partial charge on any atom is 0.211 e. The molecule has 0 radical (unpaired) electrons. The van der Waals surface area contributed by atoms with Crippen molar-refractivity contribution in [3.05, 3.63) is 28.0 Å². The summed E-state index contributed by atoms with van der Waals surface area (Å²) in [5, 5.41) is 8.72. The van der Waals surface area contributed by atoms with E-state index in [1.165, 1.54) is 0 Å². The largest absolute Gasteiger partial charge is 0.318 e. The average Bonchev–Trinajstić information content (AvgIpc) is 2.52. The van der Waals surface area contributed by atoms with Crippen molar-refractivity contribution in [2.75, 3.05) is 0 Å². The molecule has 0 fully saturated rings. The number of aryl methyl sites for hydroxylation is 1. The maximum absolute atomic E-state index is 5.92. The van der Waals surface area contributed by atoms with Gasteiger partial charge in [0, 0.05) is 18.3 Å². The van der Waals surface area contributed by atoms with Gasteiger partial charge in [-0.25, -0.2) is 0 Å². The first-order valence-electron chi connectivity index (χ1n) is 4.49. The zero-order valence-electron chi connectivity index (χ0n) is 8.44. The molecule has 0 saturated carbocycles. The molecule has 3 nitrogen and oxygen atoms in total. The number of halogens is 1. The molecule has 0 bridgehead atoms. The molecule has 0 unspecified atom stereocenters. The lowest BCUT2D eigenvalue weighted by Crippen LogP contribution is -2.08. The smallest absolute Gasteiger partial charge is 0.211 e. The molecule has 0 aliphatic heterocycles. The molecule has 0 aliphatic rings. The number of hydrogen-bond acceptors (Lipinski definition) is 3. The molecule has 0 N–H and O–H groups in total. The van der Waals surface area contributed by atoms with Crippen LogP contribution in [0.25, 0.3) is 10.2 Å². The third-order valence-electron chi connectivity index (χ3n) is 2.03. The second kappa shape index (κ2) is 4.16. The van der Waals surface area contributed by atoms with E-state index in [1.807, 2.05) is 36.7 Å². The van der Waals surface area contributed by atoms with Gasteiger partial charge in [-0.1, -0.05) is 22.9 Å². The molecule has 1 aromatic heterocycles. The van der Waals surface area contributed by atoms with Crippen molar-refractivity contribution in [2.45, 2.75) is 6.92 Å². The Balaban J connectivity index is 2.74. The van der Waals surface area contributed by atoms with Crippen molar-refractivity contribution in [2.24, 2.45) is 17.3 Å². The molecule has 0 aliphatic carbocycles. The van der Waals surface area contributed by atoms with Crippen molar-refractivity contribution in [3.63, 3.8) is 0 Å². The lowest BCUT2D eigenvalue weighted by atomic mass is 10.3. The van der Waals surface area contributed by atoms with E-state index in [0.29, 0.717) is 0 Å². The van der Waals surface area contributed by atoms with Gasteiger partial charge in [0.05, 0.1) is 10.2 Å². The van der Waals surface area contributed by atoms with Gasteiger partial charge in [0.2, 0.25) is 4.80 Å². The Bertz CT molecular complexity index is 580. The van der Waals surface area contributed by atoms with E-state index in [9.17, 15) is 0 Å². The van der Waals surface area contributed by atoms with Gasteiger partial charge >= 0.3 is 0 Å². The fourth-order valence-corrected chi connectivity index (χ4v) is 2.56. The van der Waals surface area contributed by atoms with E-state index in [4.69, 9.17) is 11.6 Å². The van der Waals surface area contributed by atoms with Crippen molar-refractivity contribution in [1.82, 2.24) is 4.57 Å². The number of thiazole rings is 1. The van der Waals surface area contributed by atoms with Crippen LogP contribution in [-0.4, -0.2) is 10.8 Å². The van der Waals surface area contributed by atoms with Gasteiger partial charge in [0.15, 0.2) is 0 Å². The van der Waals surface area contributed by atoms with Gasteiger partial charge < -0.3 is 4.57 Å². The van der Waals surface area contributed by atoms with E-state index in [2.05, 4.69) is 10.2 Å². The number of rotatable bonds is 1. The third kappa shape index (κ3) is 1.96. The Morgan fingerprint density at radius 3 is 3.00 bits per heavy atom. The first-order valence-corrected chi connectivity index (χ1v) is 5.68. The Morgan fingerprint density at radius 2 is 2.27 bits per heavy atom. The van der Waals surface area contributed by atoms with Crippen LogP contribution in [0.3, 0.4) is 0 Å². The first kappa shape index (κ1) is 10.4. The summed E-state index contributed by atoms with van der Waals surface area (Å²) in [5.74, 6) is 0. The molecule has 15 heavy (non-hydrogen) atoms. The monoisotopic (exact) mass is 239 g/mol. The number of nitrogens with zero attached hydrogens (tertiary/aromatic N) is 3. The van der Waals surface area contributed by atoms with Crippen LogP contribution in [0.2, 0.25) is 5.02 Å². The van der Waals surface area contributed by atoms with Crippen molar-refractivity contribution < 1.29 is 0 Å². The summed E-state index contributed by atoms with van der Waals surface area (Å²) in [4.78, 5) is 0.866. The van der Waals surface area contributed by atoms with Gasteiger partial charge in [-0.3, -0.25) is 0 Å². The van der Waals surface area contributed by atoms with E-state index in [0.717, 1.165) is 20.0 Å². The minimum absolute atomic E-state index is 0.745. The molecule has 0 amide bonds. The summed E-state index contributed by atoms with van der Waals surface area (Å²) in [6.07, 6.45) is 1.66. The summed E-state index contributed by atoms with van der Waals surface area (Å²) in [5.41, 5.74) is 1.12. The van der Waals surface area contributed by atoms with E-state index in [1.54, 1.807) is 17.6 Å². The molecule has 78 valence electrons. The SMILES string of the molecule is C/C=N\N=c1\sc2cc(Cl)ccc2n1C. The van der Waals surface area contributed by atoms with E-state index in [-0.39, 0.29) is 0 Å². The second-order valence-electron chi connectivity index (χ2n) is 3.03. The minimum Gasteiger partial charge on any atom is -0.318 e. The maximum atomic E-state index is 5.92. The molecule has 1 aromatic carbocycles. The summed E-state index contributed by atoms with van der Waals surface area (Å²) in [7, 11) is 1.97. The van der Waals surface area contributed by atoms with Crippen LogP contribution >= 0.6 is 22.9 Å². The molecule has 0 saturated heterocycles. The standard InChI is InChI=1S/C10H10ClN3S/c1-3-12-13-10-14(2)8-5-4-7(11)6-9(8)15-10/h3-6H,1-2H3/b12-3-,13-10+. The predicted molar refractivity (Wildman–Crippen MR) is 65.5 cm³/mol. The molecule has 2 rings (SSSR count). The molecule has 0 atom stereocenters. The van der Waals surface area contributed by atoms with Crippen LogP contribution < -0.4 is 4.80 Å². The molecule has 0 spiro atoms. The predicted octanol–water partition coefficient (Wildman–Crippen LogP) is 2.80. The average molecular weight is 240 g/mol. The zero-order chi connectivity index (χ0) is 10.8. The normalized spacial score (nSPS) is 13.1. The van der Waals surface area contributed by atoms with Gasteiger partial charge in [-0.2, -0.15) is 5.10 Å². The highest BCUT2D eigenvalue weighted by Gasteiger charge is 2.02. The quantitative estimate of drug-likeness (QED) is 0.541. The molecular formula is C10H10ClN3S. The lowest BCUT2D eigenvalue weighted by molar-refractivity contribution is 0.889. The number of fused-ring (bicyclic) bond motifs is 1. The summed E-state index contributed by atoms with van der Waals surface area (Å²) in [6, 6.07) is 5.81. The fourth-order valence-electron chi connectivity index (χ4n) is 1.31. The zero-order valence-corrected chi connectivity index (χ0v) is 10.0. The molecular weight excluding hydrogens is 230 g/mol. The number of benzene rings is 1. The summed E-state index contributed by atoms with van der Waals surface area (Å²) < 4.78 is 3.12. The van der Waals surface area contributed by atoms with Gasteiger partial charge in [-0.05, 0) is 25.1 Å². The van der Waals surface area contributed by atoms with Crippen LogP contribution in [0.15, 0.2) is 28.4 Å². The van der Waals surface area contributed by atoms with Crippen LogP contribution in [0.1, 0.15) is 6.92 Å². The Hall–Kier alpha value is -1.13. The first-order chi connectivity index (χ1) is 7.22. The highest BCUT2D eigenvalue weighted by atomic mass is 35.5. The second-order valence-corrected chi connectivity index (χ2v) is 4.47. The van der Waals surface area contributed by atoms with Crippen LogP contribution in [0.5, 0.6) is 0 Å². The van der Waals surface area contributed by atoms with Crippen molar-refractivity contribution in [3.8, 4) is 0 Å². The van der Waals surface area contributed by atoms with E-state index < -0.39 is 0 Å². The van der Waals surface area contributed by atoms with Gasteiger partial charge in [0.1, 0.15) is 0 Å². The van der Waals surface area contributed by atoms with E-state index >= 15 is 0 Å². The molecule has 2 aromatic rings. The lowest BCUT2D eigenvalue weighted by Gasteiger charge is -1.93. The summed E-state index contributed by atoms with van der Waals surface area (Å²) in [6.45, 7) is 1.84. The van der Waals surface area contributed by atoms with Crippen molar-refractivity contribution >= 4 is 39.4 Å². The fraction of sp³-hybridized carbons (Fsp3) is 0.200. The highest BCUT2D eigenvalue weighted by Crippen LogP contribution is 2.20. The molecule has 1 heterocycles. The topological polar surface area (TPSA) is 29.6 Å². The summed E-state index contributed by atoms with van der Waals surface area (Å²) >= 11 is 7.50.